The highest BCUT2D eigenvalue weighted by atomic mass is 32.4. The van der Waals surface area contributed by atoms with E-state index in [2.05, 4.69) is 5.09 Å². The van der Waals surface area contributed by atoms with Gasteiger partial charge in [-0.05, 0) is 48.2 Å². The summed E-state index contributed by atoms with van der Waals surface area (Å²) < 4.78 is 7.21. The van der Waals surface area contributed by atoms with Crippen molar-refractivity contribution in [1.29, 1.82) is 0 Å². The third kappa shape index (κ3) is 3.00. The molecule has 0 radical (unpaired) electrons. The number of non-ortho nitro benzene ring substituents is 1. The van der Waals surface area contributed by atoms with Crippen LogP contribution in [0.15, 0.2) is 48.5 Å². The number of benzene rings is 2. The van der Waals surface area contributed by atoms with Crippen molar-refractivity contribution < 1.29 is 9.66 Å². The van der Waals surface area contributed by atoms with Crippen molar-refractivity contribution >= 4 is 52.0 Å². The minimum Gasteiger partial charge on any atom is -0.497 e. The van der Waals surface area contributed by atoms with E-state index < -0.39 is 11.3 Å². The van der Waals surface area contributed by atoms with E-state index in [1.165, 1.54) is 12.1 Å². The highest BCUT2D eigenvalue weighted by Crippen LogP contribution is 2.51. The van der Waals surface area contributed by atoms with Crippen molar-refractivity contribution in [2.75, 3.05) is 18.3 Å². The number of thiocarbonyl (C=S) groups is 1. The van der Waals surface area contributed by atoms with Crippen LogP contribution in [0, 0.1) is 10.1 Å². The van der Waals surface area contributed by atoms with Crippen LogP contribution in [0.1, 0.15) is 0 Å². The number of ether oxygens (including phenoxy) is 1. The van der Waals surface area contributed by atoms with Gasteiger partial charge in [-0.1, -0.05) is 12.2 Å². The fraction of sp³-hybridized carbons (Fsp3) is 0.133. The van der Waals surface area contributed by atoms with Crippen molar-refractivity contribution in [3.05, 3.63) is 58.6 Å². The summed E-state index contributed by atoms with van der Waals surface area (Å²) in [4.78, 5) is 11.1. The van der Waals surface area contributed by atoms with Crippen LogP contribution in [0.5, 0.6) is 5.75 Å². The van der Waals surface area contributed by atoms with Gasteiger partial charge in [0.25, 0.3) is 5.69 Å². The van der Waals surface area contributed by atoms with Gasteiger partial charge in [0, 0.05) is 23.1 Å². The molecule has 0 aromatic heterocycles. The molecule has 1 heterocycles. The Hall–Kier alpha value is -2.02. The monoisotopic (exact) mass is 379 g/mol. The fourth-order valence-electron chi connectivity index (χ4n) is 2.49. The zero-order valence-electron chi connectivity index (χ0n) is 12.7. The van der Waals surface area contributed by atoms with Crippen LogP contribution < -0.4 is 19.8 Å². The minimum absolute atomic E-state index is 0.0474. The first-order chi connectivity index (χ1) is 11.4. The van der Waals surface area contributed by atoms with E-state index in [0.29, 0.717) is 11.5 Å². The van der Waals surface area contributed by atoms with Gasteiger partial charge in [-0.25, -0.2) is 0 Å². The molecular weight excluding hydrogens is 365 g/mol. The second-order valence-electron chi connectivity index (χ2n) is 5.14. The normalized spacial score (nSPS) is 19.9. The standard InChI is InChI=1S/C15H14N3O3PS2/c1-21-13-6-8-14(9-7-13)22(24)16-15(23)10-17(22)11-2-4-12(5-3-11)18(19)20/h2-9H,10H2,1H3,(H,16,23,24). The average Bonchev–Trinajstić information content (AvgIpc) is 2.90. The maximum Gasteiger partial charge on any atom is 0.269 e. The molecule has 1 saturated heterocycles. The van der Waals surface area contributed by atoms with Crippen LogP contribution in [0.2, 0.25) is 0 Å². The smallest absolute Gasteiger partial charge is 0.269 e. The first kappa shape index (κ1) is 16.8. The third-order valence-electron chi connectivity index (χ3n) is 3.69. The van der Waals surface area contributed by atoms with Gasteiger partial charge in [-0.3, -0.25) is 10.1 Å². The topological polar surface area (TPSA) is 67.6 Å². The summed E-state index contributed by atoms with van der Waals surface area (Å²) >= 11 is 11.3. The molecule has 1 unspecified atom stereocenters. The van der Waals surface area contributed by atoms with E-state index in [-0.39, 0.29) is 5.69 Å². The number of hydrogen-bond donors (Lipinski definition) is 1. The number of anilines is 1. The number of methoxy groups -OCH3 is 1. The molecule has 1 fully saturated rings. The largest absolute Gasteiger partial charge is 0.497 e. The zero-order valence-corrected chi connectivity index (χ0v) is 15.2. The van der Waals surface area contributed by atoms with Crippen molar-refractivity contribution in [3.63, 3.8) is 0 Å². The van der Waals surface area contributed by atoms with Crippen LogP contribution in [-0.4, -0.2) is 23.6 Å². The Bertz CT molecular complexity index is 840. The predicted octanol–water partition coefficient (Wildman–Crippen LogP) is 2.98. The molecule has 1 atom stereocenters. The van der Waals surface area contributed by atoms with Crippen LogP contribution in [0.3, 0.4) is 0 Å². The van der Waals surface area contributed by atoms with Crippen molar-refractivity contribution in [3.8, 4) is 5.75 Å². The SMILES string of the molecule is COc1ccc(P2(=S)NC(=S)CN2c2ccc([N+](=O)[O-])cc2)cc1. The molecule has 0 spiro atoms. The Morgan fingerprint density at radius 3 is 2.38 bits per heavy atom. The van der Waals surface area contributed by atoms with Gasteiger partial charge in [-0.15, -0.1) is 0 Å². The van der Waals surface area contributed by atoms with Gasteiger partial charge in [0.2, 0.25) is 0 Å². The second-order valence-corrected chi connectivity index (χ2v) is 9.59. The summed E-state index contributed by atoms with van der Waals surface area (Å²) in [6, 6.07) is 13.9. The lowest BCUT2D eigenvalue weighted by atomic mass is 10.3. The Labute approximate surface area is 149 Å². The summed E-state index contributed by atoms with van der Waals surface area (Å²) in [7, 11) is 1.61. The van der Waals surface area contributed by atoms with E-state index in [0.717, 1.165) is 16.7 Å². The van der Waals surface area contributed by atoms with Gasteiger partial charge in [0.05, 0.1) is 18.6 Å². The third-order valence-corrected chi connectivity index (χ3v) is 8.19. The van der Waals surface area contributed by atoms with Gasteiger partial charge < -0.3 is 14.5 Å². The number of nitrogens with one attached hydrogen (secondary N) is 1. The summed E-state index contributed by atoms with van der Waals surface area (Å²) in [6.07, 6.45) is -2.33. The van der Waals surface area contributed by atoms with E-state index in [4.69, 9.17) is 28.8 Å². The van der Waals surface area contributed by atoms with E-state index in [1.54, 1.807) is 19.2 Å². The lowest BCUT2D eigenvalue weighted by Gasteiger charge is -2.29. The van der Waals surface area contributed by atoms with Crippen molar-refractivity contribution in [2.45, 2.75) is 0 Å². The summed E-state index contributed by atoms with van der Waals surface area (Å²) in [5.41, 5.74) is 0.860. The van der Waals surface area contributed by atoms with Crippen LogP contribution in [0.4, 0.5) is 11.4 Å². The van der Waals surface area contributed by atoms with E-state index >= 15 is 0 Å². The Kier molecular flexibility index (Phi) is 4.54. The molecule has 6 nitrogen and oxygen atoms in total. The molecule has 3 rings (SSSR count). The fourth-order valence-corrected chi connectivity index (χ4v) is 6.72. The quantitative estimate of drug-likeness (QED) is 0.379. The molecule has 1 aliphatic rings. The van der Waals surface area contributed by atoms with Crippen LogP contribution in [-0.2, 0) is 11.8 Å². The number of nitro groups is 1. The summed E-state index contributed by atoms with van der Waals surface area (Å²) in [6.45, 7) is 0.496. The Morgan fingerprint density at radius 2 is 1.83 bits per heavy atom. The molecular formula is C15H14N3O3PS2. The molecule has 0 saturated carbocycles. The summed E-state index contributed by atoms with van der Waals surface area (Å²) in [5, 5.41) is 15.1. The highest BCUT2D eigenvalue weighted by Gasteiger charge is 2.36. The minimum atomic E-state index is -2.33. The maximum atomic E-state index is 10.8. The van der Waals surface area contributed by atoms with Crippen LogP contribution in [0.25, 0.3) is 0 Å². The molecule has 0 bridgehead atoms. The molecule has 2 aromatic carbocycles. The molecule has 124 valence electrons. The molecule has 1 aliphatic heterocycles. The molecule has 1 N–H and O–H groups in total. The highest BCUT2D eigenvalue weighted by molar-refractivity contribution is 8.18. The van der Waals surface area contributed by atoms with Crippen LogP contribution >= 0.6 is 18.6 Å². The number of hydrogen-bond acceptors (Lipinski definition) is 5. The lowest BCUT2D eigenvalue weighted by molar-refractivity contribution is -0.384. The molecule has 2 aromatic rings. The van der Waals surface area contributed by atoms with Gasteiger partial charge >= 0.3 is 0 Å². The molecule has 0 aliphatic carbocycles. The van der Waals surface area contributed by atoms with Crippen molar-refractivity contribution in [1.82, 2.24) is 5.09 Å². The summed E-state index contributed by atoms with van der Waals surface area (Å²) in [5.74, 6) is 0.754. The Balaban J connectivity index is 2.00. The zero-order chi connectivity index (χ0) is 17.3. The molecule has 24 heavy (non-hydrogen) atoms. The maximum absolute atomic E-state index is 10.8. The van der Waals surface area contributed by atoms with Gasteiger partial charge in [0.1, 0.15) is 10.7 Å². The lowest BCUT2D eigenvalue weighted by Crippen LogP contribution is -2.23. The first-order valence-electron chi connectivity index (χ1n) is 7.02. The predicted molar refractivity (Wildman–Crippen MR) is 103 cm³/mol. The van der Waals surface area contributed by atoms with E-state index in [1.807, 2.05) is 28.9 Å². The van der Waals surface area contributed by atoms with Crippen molar-refractivity contribution in [2.24, 2.45) is 0 Å². The average molecular weight is 379 g/mol. The number of nitro benzene ring substituents is 1. The molecule has 9 heteroatoms. The van der Waals surface area contributed by atoms with Gasteiger partial charge in [0.15, 0.2) is 6.34 Å². The second kappa shape index (κ2) is 6.47. The van der Waals surface area contributed by atoms with Gasteiger partial charge in [-0.2, -0.15) is 0 Å². The Morgan fingerprint density at radius 1 is 1.21 bits per heavy atom. The van der Waals surface area contributed by atoms with E-state index in [9.17, 15) is 10.1 Å². The number of nitrogens with zero attached hydrogens (tertiary/aromatic N) is 2. The first-order valence-corrected chi connectivity index (χ1v) is 10.2. The number of rotatable bonds is 4. The molecule has 0 amide bonds.